The van der Waals surface area contributed by atoms with Crippen LogP contribution in [0.2, 0.25) is 0 Å². The second-order valence-corrected chi connectivity index (χ2v) is 5.94. The van der Waals surface area contributed by atoms with E-state index in [1.54, 1.807) is 12.1 Å². The van der Waals surface area contributed by atoms with Gasteiger partial charge in [-0.15, -0.1) is 0 Å². The topological polar surface area (TPSA) is 52.6 Å². The minimum Gasteiger partial charge on any atom is -0.465 e. The zero-order chi connectivity index (χ0) is 18.1. The average molecular weight is 340 g/mol. The summed E-state index contributed by atoms with van der Waals surface area (Å²) in [5, 5.41) is 0. The fraction of sp³-hybridized carbons (Fsp3) is 0.333. The van der Waals surface area contributed by atoms with E-state index in [1.165, 1.54) is 0 Å². The Hall–Kier alpha value is -2.62. The van der Waals surface area contributed by atoms with Gasteiger partial charge < -0.3 is 9.47 Å². The van der Waals surface area contributed by atoms with Gasteiger partial charge in [-0.25, -0.2) is 0 Å². The lowest BCUT2D eigenvalue weighted by Gasteiger charge is -2.09. The summed E-state index contributed by atoms with van der Waals surface area (Å²) in [6, 6.07) is 17.4. The zero-order valence-electron chi connectivity index (χ0n) is 14.7. The Balaban J connectivity index is 1.74. The molecule has 0 spiro atoms. The molecule has 1 atom stereocenters. The van der Waals surface area contributed by atoms with Crippen molar-refractivity contribution in [1.29, 1.82) is 0 Å². The Morgan fingerprint density at radius 2 is 1.60 bits per heavy atom. The van der Waals surface area contributed by atoms with Crippen molar-refractivity contribution in [3.63, 3.8) is 0 Å². The predicted molar refractivity (Wildman–Crippen MR) is 97.2 cm³/mol. The first-order chi connectivity index (χ1) is 12.1. The Bertz CT molecular complexity index is 677. The van der Waals surface area contributed by atoms with Crippen LogP contribution in [0.25, 0.3) is 11.1 Å². The van der Waals surface area contributed by atoms with Crippen LogP contribution in [0.5, 0.6) is 5.75 Å². The van der Waals surface area contributed by atoms with E-state index in [-0.39, 0.29) is 30.9 Å². The number of ether oxygens (including phenoxy) is 2. The molecule has 0 saturated carbocycles. The van der Waals surface area contributed by atoms with Gasteiger partial charge in [-0.05, 0) is 36.1 Å². The van der Waals surface area contributed by atoms with Crippen LogP contribution in [-0.2, 0) is 14.3 Å². The van der Waals surface area contributed by atoms with Gasteiger partial charge in [0.15, 0.2) is 0 Å². The maximum absolute atomic E-state index is 11.8. The molecule has 0 bridgehead atoms. The summed E-state index contributed by atoms with van der Waals surface area (Å²) in [6.07, 6.45) is 1.43. The molecular formula is C21H24O4. The average Bonchev–Trinajstić information content (AvgIpc) is 2.65. The molecule has 0 fully saturated rings. The minimum atomic E-state index is -0.327. The van der Waals surface area contributed by atoms with Gasteiger partial charge in [0, 0.05) is 6.42 Å². The first kappa shape index (κ1) is 18.7. The first-order valence-electron chi connectivity index (χ1n) is 8.63. The number of rotatable bonds is 8. The third-order valence-corrected chi connectivity index (χ3v) is 3.98. The van der Waals surface area contributed by atoms with Crippen LogP contribution in [0.3, 0.4) is 0 Å². The summed E-state index contributed by atoms with van der Waals surface area (Å²) in [6.45, 7) is 4.01. The smallest absolute Gasteiger partial charge is 0.311 e. The highest BCUT2D eigenvalue weighted by atomic mass is 16.5. The first-order valence-corrected chi connectivity index (χ1v) is 8.63. The molecule has 132 valence electrons. The van der Waals surface area contributed by atoms with Crippen molar-refractivity contribution in [2.45, 2.75) is 33.1 Å². The Labute approximate surface area is 148 Å². The highest BCUT2D eigenvalue weighted by molar-refractivity contribution is 5.73. The van der Waals surface area contributed by atoms with E-state index in [4.69, 9.17) is 9.47 Å². The second-order valence-electron chi connectivity index (χ2n) is 5.94. The van der Waals surface area contributed by atoms with Gasteiger partial charge in [0.1, 0.15) is 5.75 Å². The molecule has 4 nitrogen and oxygen atoms in total. The van der Waals surface area contributed by atoms with Crippen LogP contribution in [0.15, 0.2) is 54.6 Å². The Kier molecular flexibility index (Phi) is 7.20. The molecule has 2 aromatic rings. The van der Waals surface area contributed by atoms with Crippen molar-refractivity contribution in [3.8, 4) is 16.9 Å². The van der Waals surface area contributed by atoms with Crippen LogP contribution in [0.1, 0.15) is 33.1 Å². The summed E-state index contributed by atoms with van der Waals surface area (Å²) in [7, 11) is 0. The van der Waals surface area contributed by atoms with Gasteiger partial charge >= 0.3 is 11.9 Å². The third-order valence-electron chi connectivity index (χ3n) is 3.98. The largest absolute Gasteiger partial charge is 0.465 e. The molecule has 0 aliphatic rings. The number of hydrogen-bond donors (Lipinski definition) is 0. The van der Waals surface area contributed by atoms with E-state index < -0.39 is 0 Å². The molecule has 0 amide bonds. The lowest BCUT2D eigenvalue weighted by atomic mass is 10.1. The number of carbonyl (C=O) groups is 2. The summed E-state index contributed by atoms with van der Waals surface area (Å²) < 4.78 is 10.4. The lowest BCUT2D eigenvalue weighted by Crippen LogP contribution is -2.16. The van der Waals surface area contributed by atoms with Crippen LogP contribution in [0.4, 0.5) is 0 Å². The molecule has 0 N–H and O–H groups in total. The highest BCUT2D eigenvalue weighted by Crippen LogP contribution is 2.22. The van der Waals surface area contributed by atoms with E-state index in [0.717, 1.165) is 17.5 Å². The fourth-order valence-electron chi connectivity index (χ4n) is 2.23. The van der Waals surface area contributed by atoms with Crippen LogP contribution in [0, 0.1) is 5.92 Å². The molecule has 2 rings (SSSR count). The Morgan fingerprint density at radius 1 is 0.960 bits per heavy atom. The summed E-state index contributed by atoms with van der Waals surface area (Å²) in [5.41, 5.74) is 2.18. The molecule has 4 heteroatoms. The van der Waals surface area contributed by atoms with E-state index in [1.807, 2.05) is 56.3 Å². The lowest BCUT2D eigenvalue weighted by molar-refractivity contribution is -0.149. The maximum Gasteiger partial charge on any atom is 0.311 e. The van der Waals surface area contributed by atoms with Crippen molar-refractivity contribution in [2.75, 3.05) is 6.61 Å². The molecule has 0 aliphatic heterocycles. The van der Waals surface area contributed by atoms with E-state index >= 15 is 0 Å². The van der Waals surface area contributed by atoms with Gasteiger partial charge in [0.05, 0.1) is 12.5 Å². The molecule has 2 aromatic carbocycles. The fourth-order valence-corrected chi connectivity index (χ4v) is 2.23. The minimum absolute atomic E-state index is 0.102. The van der Waals surface area contributed by atoms with Gasteiger partial charge in [-0.1, -0.05) is 56.3 Å². The molecule has 1 unspecified atom stereocenters. The third kappa shape index (κ3) is 6.07. The normalized spacial score (nSPS) is 11.6. The van der Waals surface area contributed by atoms with Crippen molar-refractivity contribution in [1.82, 2.24) is 0 Å². The van der Waals surface area contributed by atoms with Crippen LogP contribution < -0.4 is 4.74 Å². The van der Waals surface area contributed by atoms with Crippen molar-refractivity contribution >= 4 is 11.9 Å². The van der Waals surface area contributed by atoms with Gasteiger partial charge in [0.25, 0.3) is 0 Å². The van der Waals surface area contributed by atoms with E-state index in [0.29, 0.717) is 12.2 Å². The van der Waals surface area contributed by atoms with Crippen LogP contribution in [-0.4, -0.2) is 18.5 Å². The molecule has 0 aromatic heterocycles. The van der Waals surface area contributed by atoms with E-state index in [2.05, 4.69) is 0 Å². The van der Waals surface area contributed by atoms with Crippen molar-refractivity contribution < 1.29 is 19.1 Å². The van der Waals surface area contributed by atoms with Gasteiger partial charge in [-0.3, -0.25) is 9.59 Å². The van der Waals surface area contributed by atoms with Gasteiger partial charge in [0.2, 0.25) is 0 Å². The summed E-state index contributed by atoms with van der Waals surface area (Å²) >= 11 is 0. The monoisotopic (exact) mass is 340 g/mol. The predicted octanol–water partition coefficient (Wildman–Crippen LogP) is 4.63. The summed E-state index contributed by atoms with van der Waals surface area (Å²) in [5.74, 6) is -0.129. The molecular weight excluding hydrogens is 316 g/mol. The standard InChI is InChI=1S/C21H24O4/c1-3-16(2)21(23)24-15-7-10-20(22)25-19-13-11-18(12-14-19)17-8-5-4-6-9-17/h4-6,8-9,11-14,16H,3,7,10,15H2,1-2H3. The Morgan fingerprint density at radius 3 is 2.24 bits per heavy atom. The molecule has 0 aliphatic carbocycles. The summed E-state index contributed by atoms with van der Waals surface area (Å²) in [4.78, 5) is 23.4. The number of hydrogen-bond acceptors (Lipinski definition) is 4. The second kappa shape index (κ2) is 9.62. The molecule has 0 heterocycles. The van der Waals surface area contributed by atoms with Gasteiger partial charge in [-0.2, -0.15) is 0 Å². The molecule has 0 radical (unpaired) electrons. The zero-order valence-corrected chi connectivity index (χ0v) is 14.7. The number of carbonyl (C=O) groups excluding carboxylic acids is 2. The van der Waals surface area contributed by atoms with E-state index in [9.17, 15) is 9.59 Å². The molecule has 25 heavy (non-hydrogen) atoms. The van der Waals surface area contributed by atoms with Crippen LogP contribution >= 0.6 is 0 Å². The molecule has 0 saturated heterocycles. The SMILES string of the molecule is CCC(C)C(=O)OCCCC(=O)Oc1ccc(-c2ccccc2)cc1. The highest BCUT2D eigenvalue weighted by Gasteiger charge is 2.12. The van der Waals surface area contributed by atoms with Crippen molar-refractivity contribution in [3.05, 3.63) is 54.6 Å². The number of benzene rings is 2. The van der Waals surface area contributed by atoms with Crippen molar-refractivity contribution in [2.24, 2.45) is 5.92 Å². The number of esters is 2. The quantitative estimate of drug-likeness (QED) is 0.399. The maximum atomic E-state index is 11.8.